The number of nitrogens with one attached hydrogen (secondary N) is 2. The maximum absolute atomic E-state index is 12.1. The molecule has 0 spiro atoms. The molecule has 3 rings (SSSR count). The summed E-state index contributed by atoms with van der Waals surface area (Å²) in [6.45, 7) is 0. The van der Waals surface area contributed by atoms with Gasteiger partial charge in [-0.2, -0.15) is 10.2 Å². The summed E-state index contributed by atoms with van der Waals surface area (Å²) >= 11 is 0. The highest BCUT2D eigenvalue weighted by molar-refractivity contribution is 5.94. The maximum Gasteiger partial charge on any atom is 0.289 e. The number of phenolic OH excluding ortho intramolecular Hbond substituents is 1. The highest BCUT2D eigenvalue weighted by Gasteiger charge is 2.13. The molecule has 1 amide bonds. The first-order chi connectivity index (χ1) is 12.5. The Bertz CT molecular complexity index is 996. The number of nitro groups is 1. The number of rotatable bonds is 5. The number of amides is 1. The van der Waals surface area contributed by atoms with E-state index in [1.807, 2.05) is 0 Å². The van der Waals surface area contributed by atoms with Gasteiger partial charge >= 0.3 is 0 Å². The highest BCUT2D eigenvalue weighted by atomic mass is 16.6. The number of hydrazone groups is 1. The highest BCUT2D eigenvalue weighted by Crippen LogP contribution is 2.22. The lowest BCUT2D eigenvalue weighted by Crippen LogP contribution is -2.17. The third-order valence-corrected chi connectivity index (χ3v) is 3.43. The van der Waals surface area contributed by atoms with Crippen molar-refractivity contribution in [2.45, 2.75) is 0 Å². The van der Waals surface area contributed by atoms with Crippen molar-refractivity contribution in [1.82, 2.24) is 15.6 Å². The molecule has 0 aliphatic carbocycles. The molecule has 3 aromatic rings. The summed E-state index contributed by atoms with van der Waals surface area (Å²) in [5.74, 6) is -0.430. The zero-order chi connectivity index (χ0) is 18.5. The van der Waals surface area contributed by atoms with Gasteiger partial charge in [0.15, 0.2) is 0 Å². The number of hydrogen-bond acceptors (Lipinski definition) is 6. The maximum atomic E-state index is 12.1. The molecular weight excluding hydrogens is 338 g/mol. The molecule has 0 saturated carbocycles. The van der Waals surface area contributed by atoms with E-state index in [0.717, 1.165) is 0 Å². The Morgan fingerprint density at radius 2 is 2.04 bits per heavy atom. The van der Waals surface area contributed by atoms with Crippen molar-refractivity contribution in [2.24, 2.45) is 5.10 Å². The normalized spacial score (nSPS) is 10.8. The number of carbonyl (C=O) groups is 1. The fraction of sp³-hybridized carbons (Fsp3) is 0. The number of carbonyl (C=O) groups excluding carboxylic acids is 1. The second kappa shape index (κ2) is 7.26. The van der Waals surface area contributed by atoms with Crippen LogP contribution in [-0.4, -0.2) is 32.3 Å². The summed E-state index contributed by atoms with van der Waals surface area (Å²) in [7, 11) is 0. The molecule has 2 aromatic carbocycles. The van der Waals surface area contributed by atoms with Crippen molar-refractivity contribution in [3.63, 3.8) is 0 Å². The number of non-ortho nitro benzene ring substituents is 1. The predicted molar refractivity (Wildman–Crippen MR) is 93.8 cm³/mol. The molecule has 0 aliphatic rings. The van der Waals surface area contributed by atoms with Crippen LogP contribution in [0.15, 0.2) is 59.7 Å². The van der Waals surface area contributed by atoms with Crippen LogP contribution in [0.25, 0.3) is 11.3 Å². The van der Waals surface area contributed by atoms with E-state index in [4.69, 9.17) is 0 Å². The van der Waals surface area contributed by atoms with Gasteiger partial charge in [-0.25, -0.2) is 5.43 Å². The first-order valence-electron chi connectivity index (χ1n) is 7.45. The fourth-order valence-corrected chi connectivity index (χ4v) is 2.20. The fourth-order valence-electron chi connectivity index (χ4n) is 2.20. The molecule has 0 fully saturated rings. The molecule has 3 N–H and O–H groups in total. The van der Waals surface area contributed by atoms with Crippen molar-refractivity contribution < 1.29 is 14.8 Å². The predicted octanol–water partition coefficient (Wildman–Crippen LogP) is 2.45. The molecule has 9 heteroatoms. The topological polar surface area (TPSA) is 134 Å². The zero-order valence-electron chi connectivity index (χ0n) is 13.3. The Balaban J connectivity index is 1.70. The molecule has 0 atom stereocenters. The summed E-state index contributed by atoms with van der Waals surface area (Å²) < 4.78 is 0. The van der Waals surface area contributed by atoms with Gasteiger partial charge in [0.2, 0.25) is 0 Å². The number of H-pyrrole nitrogens is 1. The third-order valence-electron chi connectivity index (χ3n) is 3.43. The SMILES string of the molecule is O=C(N/N=C\c1cccc(O)c1)c1cc(-c2cccc([N+](=O)[O-])c2)n[nH]1. The quantitative estimate of drug-likeness (QED) is 0.369. The van der Waals surface area contributed by atoms with Crippen LogP contribution in [0.1, 0.15) is 16.1 Å². The van der Waals surface area contributed by atoms with E-state index in [9.17, 15) is 20.0 Å². The molecule has 0 unspecified atom stereocenters. The molecule has 0 aliphatic heterocycles. The van der Waals surface area contributed by atoms with Crippen LogP contribution in [-0.2, 0) is 0 Å². The Hall–Kier alpha value is -4.01. The van der Waals surface area contributed by atoms with Gasteiger partial charge in [0.1, 0.15) is 11.4 Å². The summed E-state index contributed by atoms with van der Waals surface area (Å²) in [5, 5.41) is 30.6. The summed E-state index contributed by atoms with van der Waals surface area (Å²) in [5.41, 5.74) is 3.95. The van der Waals surface area contributed by atoms with Crippen molar-refractivity contribution >= 4 is 17.8 Å². The largest absolute Gasteiger partial charge is 0.508 e. The minimum Gasteiger partial charge on any atom is -0.508 e. The standard InChI is InChI=1S/C17H13N5O4/c23-14-6-1-3-11(7-14)10-18-21-17(24)16-9-15(19-20-16)12-4-2-5-13(8-12)22(25)26/h1-10,23H,(H,19,20)(H,21,24)/b18-10-. The molecule has 0 radical (unpaired) electrons. The van der Waals surface area contributed by atoms with E-state index in [1.54, 1.807) is 24.3 Å². The number of nitro benzene ring substituents is 1. The molecule has 9 nitrogen and oxygen atoms in total. The second-order valence-electron chi connectivity index (χ2n) is 5.27. The van der Waals surface area contributed by atoms with Gasteiger partial charge in [-0.3, -0.25) is 20.0 Å². The molecule has 1 heterocycles. The number of phenols is 1. The van der Waals surface area contributed by atoms with Gasteiger partial charge < -0.3 is 5.11 Å². The summed E-state index contributed by atoms with van der Waals surface area (Å²) in [6.07, 6.45) is 1.38. The lowest BCUT2D eigenvalue weighted by Gasteiger charge is -1.97. The molecule has 130 valence electrons. The van der Waals surface area contributed by atoms with Crippen molar-refractivity contribution in [3.05, 3.63) is 76.0 Å². The molecule has 0 bridgehead atoms. The summed E-state index contributed by atoms with van der Waals surface area (Å²) in [6, 6.07) is 13.8. The molecule has 26 heavy (non-hydrogen) atoms. The van der Waals surface area contributed by atoms with Gasteiger partial charge in [0.25, 0.3) is 11.6 Å². The summed E-state index contributed by atoms with van der Waals surface area (Å²) in [4.78, 5) is 22.4. The molecule has 1 aromatic heterocycles. The van der Waals surface area contributed by atoms with Crippen LogP contribution >= 0.6 is 0 Å². The van der Waals surface area contributed by atoms with Crippen LogP contribution in [0.2, 0.25) is 0 Å². The van der Waals surface area contributed by atoms with E-state index in [1.165, 1.54) is 36.5 Å². The van der Waals surface area contributed by atoms with E-state index in [-0.39, 0.29) is 17.1 Å². The number of aromatic amines is 1. The Labute approximate surface area is 147 Å². The monoisotopic (exact) mass is 351 g/mol. The molecule has 0 saturated heterocycles. The first-order valence-corrected chi connectivity index (χ1v) is 7.45. The Morgan fingerprint density at radius 3 is 2.81 bits per heavy atom. The average molecular weight is 351 g/mol. The lowest BCUT2D eigenvalue weighted by atomic mass is 10.1. The van der Waals surface area contributed by atoms with Gasteiger partial charge in [0.05, 0.1) is 16.8 Å². The Kier molecular flexibility index (Phi) is 4.70. The van der Waals surface area contributed by atoms with Crippen molar-refractivity contribution in [2.75, 3.05) is 0 Å². The van der Waals surface area contributed by atoms with Gasteiger partial charge in [-0.15, -0.1) is 0 Å². The van der Waals surface area contributed by atoms with Gasteiger partial charge in [-0.05, 0) is 23.8 Å². The van der Waals surface area contributed by atoms with Crippen molar-refractivity contribution in [3.8, 4) is 17.0 Å². The first kappa shape index (κ1) is 16.8. The van der Waals surface area contributed by atoms with E-state index >= 15 is 0 Å². The Morgan fingerprint density at radius 1 is 1.23 bits per heavy atom. The van der Waals surface area contributed by atoms with Crippen molar-refractivity contribution in [1.29, 1.82) is 0 Å². The smallest absolute Gasteiger partial charge is 0.289 e. The number of hydrogen-bond donors (Lipinski definition) is 3. The number of aromatic nitrogens is 2. The third kappa shape index (κ3) is 3.90. The van der Waals surface area contributed by atoms with Crippen LogP contribution in [0.4, 0.5) is 5.69 Å². The second-order valence-corrected chi connectivity index (χ2v) is 5.27. The average Bonchev–Trinajstić information content (AvgIpc) is 3.12. The van der Waals surface area contributed by atoms with Gasteiger partial charge in [0, 0.05) is 17.7 Å². The molecular formula is C17H13N5O4. The van der Waals surface area contributed by atoms with Crippen LogP contribution in [0.5, 0.6) is 5.75 Å². The minimum atomic E-state index is -0.523. The zero-order valence-corrected chi connectivity index (χ0v) is 13.3. The number of benzene rings is 2. The van der Waals surface area contributed by atoms with E-state index in [0.29, 0.717) is 16.8 Å². The number of nitrogens with zero attached hydrogens (tertiary/aromatic N) is 3. The van der Waals surface area contributed by atoms with E-state index in [2.05, 4.69) is 20.7 Å². The lowest BCUT2D eigenvalue weighted by molar-refractivity contribution is -0.384. The van der Waals surface area contributed by atoms with E-state index < -0.39 is 10.8 Å². The van der Waals surface area contributed by atoms with Crippen LogP contribution in [0, 0.1) is 10.1 Å². The van der Waals surface area contributed by atoms with Gasteiger partial charge in [-0.1, -0.05) is 24.3 Å². The minimum absolute atomic E-state index is 0.0628. The number of aromatic hydroxyl groups is 1. The van der Waals surface area contributed by atoms with Crippen LogP contribution < -0.4 is 5.43 Å². The van der Waals surface area contributed by atoms with Crippen LogP contribution in [0.3, 0.4) is 0 Å².